The molecule has 1 aromatic heterocycles. The molecule has 0 radical (unpaired) electrons. The number of carboxylic acid groups (broad SMARTS) is 1. The van der Waals surface area contributed by atoms with Gasteiger partial charge in [-0.15, -0.1) is 11.3 Å². The van der Waals surface area contributed by atoms with Crippen LogP contribution in [0.15, 0.2) is 45.3 Å². The smallest absolute Gasteiger partial charge is 0.326 e. The van der Waals surface area contributed by atoms with Gasteiger partial charge in [-0.25, -0.2) is 4.79 Å². The van der Waals surface area contributed by atoms with Gasteiger partial charge in [0, 0.05) is 18.7 Å². The molecule has 2 aromatic carbocycles. The van der Waals surface area contributed by atoms with Gasteiger partial charge in [0.1, 0.15) is 17.4 Å². The molecule has 10 heteroatoms. The highest BCUT2D eigenvalue weighted by Gasteiger charge is 2.26. The molecule has 0 unspecified atom stereocenters. The highest BCUT2D eigenvalue weighted by atomic mass is 32.1. The predicted octanol–water partition coefficient (Wildman–Crippen LogP) is 2.73. The van der Waals surface area contributed by atoms with Crippen molar-refractivity contribution in [3.8, 4) is 0 Å². The maximum Gasteiger partial charge on any atom is 0.326 e. The van der Waals surface area contributed by atoms with Gasteiger partial charge in [0.05, 0.1) is 10.4 Å². The van der Waals surface area contributed by atoms with Crippen LogP contribution < -0.4 is 26.8 Å². The summed E-state index contributed by atoms with van der Waals surface area (Å²) >= 11 is 1.20. The lowest BCUT2D eigenvalue weighted by atomic mass is 10.0. The summed E-state index contributed by atoms with van der Waals surface area (Å²) in [6.07, 6.45) is 0.792. The number of carboxylic acids is 1. The monoisotopic (exact) mass is 469 g/mol. The first-order valence-corrected chi connectivity index (χ1v) is 11.2. The van der Waals surface area contributed by atoms with E-state index in [0.717, 1.165) is 6.42 Å². The summed E-state index contributed by atoms with van der Waals surface area (Å²) in [7, 11) is 0. The lowest BCUT2D eigenvalue weighted by Crippen LogP contribution is -2.42. The van der Waals surface area contributed by atoms with Crippen LogP contribution in [-0.4, -0.2) is 35.4 Å². The van der Waals surface area contributed by atoms with E-state index in [0.29, 0.717) is 28.2 Å². The van der Waals surface area contributed by atoms with Gasteiger partial charge in [0.2, 0.25) is 0 Å². The molecule has 3 aromatic rings. The number of anilines is 3. The minimum atomic E-state index is -1.17. The summed E-state index contributed by atoms with van der Waals surface area (Å²) in [6.45, 7) is 3.79. The molecule has 0 fully saturated rings. The number of nitrogens with one attached hydrogen (secondary N) is 3. The first-order valence-electron chi connectivity index (χ1n) is 10.3. The number of ketones is 1. The van der Waals surface area contributed by atoms with E-state index < -0.39 is 28.8 Å². The molecule has 1 heterocycles. The van der Waals surface area contributed by atoms with Gasteiger partial charge in [-0.3, -0.25) is 19.2 Å². The molecule has 0 aliphatic rings. The molecule has 1 amide bonds. The molecule has 4 N–H and O–H groups in total. The number of thiophene rings is 1. The van der Waals surface area contributed by atoms with Crippen LogP contribution >= 0.6 is 11.3 Å². The average molecular weight is 470 g/mol. The number of carbonyl (C=O) groups is 3. The average Bonchev–Trinajstić information content (AvgIpc) is 3.29. The summed E-state index contributed by atoms with van der Waals surface area (Å²) in [5, 5.41) is 19.5. The fourth-order valence-electron chi connectivity index (χ4n) is 3.24. The summed E-state index contributed by atoms with van der Waals surface area (Å²) in [6, 6.07) is 7.02. The quantitative estimate of drug-likeness (QED) is 0.248. The molecule has 172 valence electrons. The fraction of sp³-hybridized carbons (Fsp3) is 0.261. The molecule has 1 atom stereocenters. The van der Waals surface area contributed by atoms with Crippen LogP contribution in [0.25, 0.3) is 0 Å². The number of rotatable bonds is 11. The van der Waals surface area contributed by atoms with Crippen molar-refractivity contribution >= 4 is 46.1 Å². The Morgan fingerprint density at radius 2 is 1.70 bits per heavy atom. The van der Waals surface area contributed by atoms with Crippen LogP contribution in [0.4, 0.5) is 17.1 Å². The molecule has 0 spiro atoms. The SMILES string of the molecule is CCCNc1c(N[C@@H](Cc2ccc(NC(=O)c3ccsc3C(C)=O)cc2)C(=O)O)c(=O)c1=O. The van der Waals surface area contributed by atoms with Gasteiger partial charge < -0.3 is 21.1 Å². The summed E-state index contributed by atoms with van der Waals surface area (Å²) in [4.78, 5) is 59.8. The molecular weight excluding hydrogens is 446 g/mol. The molecule has 0 saturated heterocycles. The second-order valence-corrected chi connectivity index (χ2v) is 8.36. The number of carbonyl (C=O) groups excluding carboxylic acids is 2. The maximum atomic E-state index is 12.5. The highest BCUT2D eigenvalue weighted by molar-refractivity contribution is 7.12. The van der Waals surface area contributed by atoms with Gasteiger partial charge in [-0.1, -0.05) is 19.1 Å². The maximum absolute atomic E-state index is 12.5. The van der Waals surface area contributed by atoms with Crippen LogP contribution in [0, 0.1) is 0 Å². The molecule has 9 nitrogen and oxygen atoms in total. The number of hydrogen-bond acceptors (Lipinski definition) is 8. The van der Waals surface area contributed by atoms with Crippen LogP contribution in [0.5, 0.6) is 0 Å². The Balaban J connectivity index is 1.68. The lowest BCUT2D eigenvalue weighted by molar-refractivity contribution is -0.137. The molecule has 0 aliphatic heterocycles. The topological polar surface area (TPSA) is 142 Å². The van der Waals surface area contributed by atoms with Crippen molar-refractivity contribution in [3.63, 3.8) is 0 Å². The fourth-order valence-corrected chi connectivity index (χ4v) is 4.04. The van der Waals surface area contributed by atoms with E-state index in [1.54, 1.807) is 35.7 Å². The summed E-state index contributed by atoms with van der Waals surface area (Å²) < 4.78 is 0. The zero-order chi connectivity index (χ0) is 24.1. The first kappa shape index (κ1) is 23.9. The van der Waals surface area contributed by atoms with Gasteiger partial charge in [0.25, 0.3) is 16.8 Å². The minimum absolute atomic E-state index is 0.0122. The van der Waals surface area contributed by atoms with Crippen molar-refractivity contribution in [2.75, 3.05) is 22.5 Å². The predicted molar refractivity (Wildman–Crippen MR) is 128 cm³/mol. The van der Waals surface area contributed by atoms with Gasteiger partial charge >= 0.3 is 5.97 Å². The van der Waals surface area contributed by atoms with E-state index in [1.807, 2.05) is 6.92 Å². The van der Waals surface area contributed by atoms with Crippen molar-refractivity contribution in [3.05, 3.63) is 72.2 Å². The number of hydrogen-bond donors (Lipinski definition) is 4. The normalized spacial score (nSPS) is 11.7. The zero-order valence-corrected chi connectivity index (χ0v) is 18.9. The van der Waals surface area contributed by atoms with Gasteiger partial charge in [-0.05, 0) is 42.5 Å². The summed E-state index contributed by atoms with van der Waals surface area (Å²) in [5.74, 6) is -1.77. The van der Waals surface area contributed by atoms with Crippen LogP contribution in [-0.2, 0) is 11.2 Å². The number of Topliss-reactive ketones (excluding diaryl/α,β-unsaturated/α-hetero) is 1. The third-order valence-electron chi connectivity index (χ3n) is 4.96. The Hall–Kier alpha value is -3.79. The Kier molecular flexibility index (Phi) is 7.39. The molecule has 3 rings (SSSR count). The van der Waals surface area contributed by atoms with Crippen molar-refractivity contribution in [1.82, 2.24) is 0 Å². The Bertz CT molecular complexity index is 1250. The number of benzene rings is 1. The molecule has 0 bridgehead atoms. The second kappa shape index (κ2) is 10.2. The van der Waals surface area contributed by atoms with Crippen molar-refractivity contribution in [2.45, 2.75) is 32.7 Å². The Morgan fingerprint density at radius 1 is 1.03 bits per heavy atom. The van der Waals surface area contributed by atoms with E-state index in [4.69, 9.17) is 0 Å². The van der Waals surface area contributed by atoms with E-state index in [-0.39, 0.29) is 23.6 Å². The lowest BCUT2D eigenvalue weighted by Gasteiger charge is -2.20. The van der Waals surface area contributed by atoms with E-state index >= 15 is 0 Å². The summed E-state index contributed by atoms with van der Waals surface area (Å²) in [5.41, 5.74) is 0.135. The zero-order valence-electron chi connectivity index (χ0n) is 18.1. The molecule has 0 aliphatic carbocycles. The highest BCUT2D eigenvalue weighted by Crippen LogP contribution is 2.21. The minimum Gasteiger partial charge on any atom is -0.480 e. The number of aliphatic carboxylic acids is 1. The van der Waals surface area contributed by atoms with Crippen molar-refractivity contribution < 1.29 is 19.5 Å². The van der Waals surface area contributed by atoms with Crippen LogP contribution in [0.2, 0.25) is 0 Å². The van der Waals surface area contributed by atoms with E-state index in [2.05, 4.69) is 16.0 Å². The van der Waals surface area contributed by atoms with E-state index in [1.165, 1.54) is 18.3 Å². The van der Waals surface area contributed by atoms with Gasteiger partial charge in [0.15, 0.2) is 5.78 Å². The molecule has 0 saturated carbocycles. The standard InChI is InChI=1S/C23H23N3O6S/c1-3-9-24-17-18(20(29)19(17)28)26-16(23(31)32)11-13-4-6-14(7-5-13)25-22(30)15-8-10-33-21(15)12(2)27/h4-8,10,16,24,26H,3,9,11H2,1-2H3,(H,25,30)(H,31,32)/t16-/m0/s1. The second-order valence-electron chi connectivity index (χ2n) is 7.44. The molecule has 33 heavy (non-hydrogen) atoms. The molecular formula is C23H23N3O6S. The third kappa shape index (κ3) is 5.35. The largest absolute Gasteiger partial charge is 0.480 e. The van der Waals surface area contributed by atoms with E-state index in [9.17, 15) is 29.1 Å². The van der Waals surface area contributed by atoms with Crippen molar-refractivity contribution in [2.24, 2.45) is 0 Å². The first-order chi connectivity index (χ1) is 15.7. The Morgan fingerprint density at radius 3 is 2.30 bits per heavy atom. The Labute approximate surface area is 193 Å². The van der Waals surface area contributed by atoms with Crippen LogP contribution in [0.3, 0.4) is 0 Å². The third-order valence-corrected chi connectivity index (χ3v) is 5.98. The van der Waals surface area contributed by atoms with Crippen LogP contribution in [0.1, 0.15) is 45.9 Å². The number of amides is 1. The van der Waals surface area contributed by atoms with Crippen molar-refractivity contribution in [1.29, 1.82) is 0 Å². The van der Waals surface area contributed by atoms with Gasteiger partial charge in [-0.2, -0.15) is 0 Å².